The molecule has 0 amide bonds. The van der Waals surface area contributed by atoms with Gasteiger partial charge in [0.25, 0.3) is 0 Å². The molecule has 4 aromatic rings. The van der Waals surface area contributed by atoms with Crippen molar-refractivity contribution in [1.29, 1.82) is 0 Å². The summed E-state index contributed by atoms with van der Waals surface area (Å²) in [5.74, 6) is 0.412. The molecule has 4 rings (SSSR count). The Morgan fingerprint density at radius 2 is 1.62 bits per heavy atom. The number of imidazole rings is 1. The zero-order valence-electron chi connectivity index (χ0n) is 18.8. The van der Waals surface area contributed by atoms with Crippen LogP contribution in [-0.4, -0.2) is 22.6 Å². The van der Waals surface area contributed by atoms with Crippen molar-refractivity contribution in [2.75, 3.05) is 12.4 Å². The zero-order chi connectivity index (χ0) is 22.0. The highest BCUT2D eigenvalue weighted by molar-refractivity contribution is 5.90. The van der Waals surface area contributed by atoms with E-state index in [4.69, 9.17) is 9.72 Å². The molecule has 3 aromatic carbocycles. The van der Waals surface area contributed by atoms with Crippen LogP contribution in [0.3, 0.4) is 0 Å². The number of rotatable bonds is 5. The Labute approximate surface area is 194 Å². The highest BCUT2D eigenvalue weighted by Gasteiger charge is 2.17. The van der Waals surface area contributed by atoms with Gasteiger partial charge in [0.1, 0.15) is 5.82 Å². The monoisotopic (exact) mass is 449 g/mol. The van der Waals surface area contributed by atoms with Crippen LogP contribution in [0.15, 0.2) is 72.8 Å². The second-order valence-corrected chi connectivity index (χ2v) is 8.57. The van der Waals surface area contributed by atoms with Gasteiger partial charge >= 0.3 is 5.97 Å². The number of anilines is 1. The minimum absolute atomic E-state index is 0. The van der Waals surface area contributed by atoms with Crippen molar-refractivity contribution >= 4 is 35.1 Å². The van der Waals surface area contributed by atoms with Crippen LogP contribution >= 0.6 is 12.4 Å². The fraction of sp³-hybridized carbons (Fsp3) is 0.231. The largest absolute Gasteiger partial charge is 0.440 e. The van der Waals surface area contributed by atoms with E-state index < -0.39 is 0 Å². The summed E-state index contributed by atoms with van der Waals surface area (Å²) in [7, 11) is 1.84. The first-order valence-corrected chi connectivity index (χ1v) is 10.4. The third kappa shape index (κ3) is 4.78. The molecule has 6 heteroatoms. The molecule has 0 saturated carbocycles. The van der Waals surface area contributed by atoms with Crippen molar-refractivity contribution in [2.45, 2.75) is 32.9 Å². The van der Waals surface area contributed by atoms with Crippen LogP contribution in [0.4, 0.5) is 5.69 Å². The van der Waals surface area contributed by atoms with Gasteiger partial charge in [-0.1, -0.05) is 57.2 Å². The van der Waals surface area contributed by atoms with E-state index in [2.05, 4.69) is 50.4 Å². The maximum absolute atomic E-state index is 12.6. The summed E-state index contributed by atoms with van der Waals surface area (Å²) < 4.78 is 7.60. The average molecular weight is 450 g/mol. The topological polar surface area (TPSA) is 56.1 Å². The van der Waals surface area contributed by atoms with Gasteiger partial charge in [0.05, 0.1) is 16.6 Å². The highest BCUT2D eigenvalue weighted by Crippen LogP contribution is 2.28. The predicted molar refractivity (Wildman–Crippen MR) is 133 cm³/mol. The van der Waals surface area contributed by atoms with Crippen molar-refractivity contribution in [3.63, 3.8) is 0 Å². The molecular weight excluding hydrogens is 422 g/mol. The smallest absolute Gasteiger partial charge is 0.339 e. The Bertz CT molecular complexity index is 1210. The summed E-state index contributed by atoms with van der Waals surface area (Å²) in [5, 5.41) is 3.04. The number of esters is 1. The van der Waals surface area contributed by atoms with Gasteiger partial charge in [-0.2, -0.15) is 0 Å². The SMILES string of the molecule is CNc1ccc(C(=O)OCn2c(-c3ccc(C(C)(C)C)cc3)nc3ccccc32)cc1.Cl. The van der Waals surface area contributed by atoms with E-state index in [1.165, 1.54) is 5.56 Å². The number of hydrogen-bond acceptors (Lipinski definition) is 4. The third-order valence-electron chi connectivity index (χ3n) is 5.40. The molecule has 0 aliphatic rings. The number of halogens is 1. The summed E-state index contributed by atoms with van der Waals surface area (Å²) >= 11 is 0. The number of para-hydroxylation sites is 2. The first-order valence-electron chi connectivity index (χ1n) is 10.4. The average Bonchev–Trinajstić information content (AvgIpc) is 3.15. The Balaban J connectivity index is 0.00000289. The molecule has 1 aromatic heterocycles. The normalized spacial score (nSPS) is 11.1. The van der Waals surface area contributed by atoms with E-state index in [0.717, 1.165) is 28.1 Å². The van der Waals surface area contributed by atoms with Gasteiger partial charge in [0.2, 0.25) is 0 Å². The number of carbonyl (C=O) groups excluding carboxylic acids is 1. The van der Waals surface area contributed by atoms with Crippen LogP contribution in [0.2, 0.25) is 0 Å². The molecule has 5 nitrogen and oxygen atoms in total. The lowest BCUT2D eigenvalue weighted by Crippen LogP contribution is -2.12. The summed E-state index contributed by atoms with van der Waals surface area (Å²) in [6, 6.07) is 23.5. The molecule has 0 bridgehead atoms. The molecular formula is C26H28ClN3O2. The molecule has 0 spiro atoms. The van der Waals surface area contributed by atoms with Gasteiger partial charge in [-0.25, -0.2) is 9.78 Å². The van der Waals surface area contributed by atoms with Crippen molar-refractivity contribution in [2.24, 2.45) is 0 Å². The lowest BCUT2D eigenvalue weighted by molar-refractivity contribution is 0.0381. The number of ether oxygens (including phenoxy) is 1. The number of nitrogens with one attached hydrogen (secondary N) is 1. The standard InChI is InChI=1S/C26H27N3O2.ClH/c1-26(2,3)20-13-9-18(10-14-20)24-28-22-7-5-6-8-23(22)29(24)17-31-25(30)19-11-15-21(27-4)16-12-19;/h5-16,27H,17H2,1-4H3;1H. The number of carbonyl (C=O) groups is 1. The van der Waals surface area contributed by atoms with Crippen LogP contribution in [0, 0.1) is 0 Å². The Morgan fingerprint density at radius 1 is 0.969 bits per heavy atom. The van der Waals surface area contributed by atoms with Crippen molar-refractivity contribution in [3.8, 4) is 11.4 Å². The fourth-order valence-electron chi connectivity index (χ4n) is 3.53. The van der Waals surface area contributed by atoms with Gasteiger partial charge in [0.15, 0.2) is 6.73 Å². The molecule has 0 radical (unpaired) electrons. The highest BCUT2D eigenvalue weighted by atomic mass is 35.5. The van der Waals surface area contributed by atoms with Gasteiger partial charge in [-0.05, 0) is 47.4 Å². The molecule has 0 aliphatic carbocycles. The quantitative estimate of drug-likeness (QED) is 0.364. The van der Waals surface area contributed by atoms with Gasteiger partial charge in [0, 0.05) is 18.3 Å². The minimum Gasteiger partial charge on any atom is -0.440 e. The molecule has 0 atom stereocenters. The Hall–Kier alpha value is -3.31. The molecule has 166 valence electrons. The van der Waals surface area contributed by atoms with Gasteiger partial charge < -0.3 is 10.1 Å². The second-order valence-electron chi connectivity index (χ2n) is 8.57. The zero-order valence-corrected chi connectivity index (χ0v) is 19.6. The van der Waals surface area contributed by atoms with E-state index in [9.17, 15) is 4.79 Å². The third-order valence-corrected chi connectivity index (χ3v) is 5.40. The van der Waals surface area contributed by atoms with Crippen LogP contribution in [-0.2, 0) is 16.9 Å². The number of aromatic nitrogens is 2. The van der Waals surface area contributed by atoms with Gasteiger partial charge in [-0.15, -0.1) is 12.4 Å². The minimum atomic E-state index is -0.366. The first kappa shape index (κ1) is 23.4. The molecule has 32 heavy (non-hydrogen) atoms. The predicted octanol–water partition coefficient (Wildman–Crippen LogP) is 6.28. The molecule has 0 unspecified atom stereocenters. The van der Waals surface area contributed by atoms with E-state index in [1.807, 2.05) is 48.0 Å². The number of nitrogens with zero attached hydrogens (tertiary/aromatic N) is 2. The Kier molecular flexibility index (Phi) is 6.90. The lowest BCUT2D eigenvalue weighted by Gasteiger charge is -2.19. The van der Waals surface area contributed by atoms with Gasteiger partial charge in [-0.3, -0.25) is 4.57 Å². The maximum Gasteiger partial charge on any atom is 0.339 e. The number of fused-ring (bicyclic) bond motifs is 1. The number of benzene rings is 3. The maximum atomic E-state index is 12.6. The second kappa shape index (κ2) is 9.45. The molecule has 1 heterocycles. The van der Waals surface area contributed by atoms with E-state index >= 15 is 0 Å². The first-order chi connectivity index (χ1) is 14.9. The molecule has 0 aliphatic heterocycles. The summed E-state index contributed by atoms with van der Waals surface area (Å²) in [6.45, 7) is 6.67. The van der Waals surface area contributed by atoms with E-state index in [-0.39, 0.29) is 30.5 Å². The molecule has 1 N–H and O–H groups in total. The van der Waals surface area contributed by atoms with Crippen molar-refractivity contribution in [3.05, 3.63) is 83.9 Å². The fourth-order valence-corrected chi connectivity index (χ4v) is 3.53. The van der Waals surface area contributed by atoms with Crippen molar-refractivity contribution in [1.82, 2.24) is 9.55 Å². The molecule has 0 saturated heterocycles. The van der Waals surface area contributed by atoms with Crippen LogP contribution in [0.25, 0.3) is 22.4 Å². The summed E-state index contributed by atoms with van der Waals surface area (Å²) in [5.41, 5.74) is 5.57. The Morgan fingerprint density at radius 3 is 2.25 bits per heavy atom. The lowest BCUT2D eigenvalue weighted by atomic mass is 9.87. The summed E-state index contributed by atoms with van der Waals surface area (Å²) in [6.07, 6.45) is 0. The van der Waals surface area contributed by atoms with Crippen LogP contribution in [0.1, 0.15) is 36.7 Å². The number of hydrogen-bond donors (Lipinski definition) is 1. The van der Waals surface area contributed by atoms with Crippen molar-refractivity contribution < 1.29 is 9.53 Å². The van der Waals surface area contributed by atoms with E-state index in [0.29, 0.717) is 5.56 Å². The molecule has 0 fully saturated rings. The summed E-state index contributed by atoms with van der Waals surface area (Å²) in [4.78, 5) is 17.4. The van der Waals surface area contributed by atoms with E-state index in [1.54, 1.807) is 12.1 Å². The van der Waals surface area contributed by atoms with Crippen LogP contribution in [0.5, 0.6) is 0 Å². The van der Waals surface area contributed by atoms with Crippen LogP contribution < -0.4 is 5.32 Å².